The Balaban J connectivity index is 2.10. The van der Waals surface area contributed by atoms with Gasteiger partial charge in [0, 0.05) is 12.2 Å². The number of nitriles is 1. The molecule has 0 saturated carbocycles. The van der Waals surface area contributed by atoms with Crippen molar-refractivity contribution < 1.29 is 9.47 Å². The zero-order chi connectivity index (χ0) is 15.2. The quantitative estimate of drug-likeness (QED) is 0.912. The van der Waals surface area contributed by atoms with Crippen LogP contribution in [0.25, 0.3) is 0 Å². The minimum atomic E-state index is 0.544. The fourth-order valence-electron chi connectivity index (χ4n) is 2.14. The molecule has 0 bridgehead atoms. The SMILES string of the molecule is COc1ccc(NCc2ccc(OC)c(C#N)c2)cc1C. The van der Waals surface area contributed by atoms with Crippen LogP contribution < -0.4 is 14.8 Å². The summed E-state index contributed by atoms with van der Waals surface area (Å²) in [6.45, 7) is 2.65. The predicted molar refractivity (Wildman–Crippen MR) is 82.8 cm³/mol. The third-order valence-corrected chi connectivity index (χ3v) is 3.28. The summed E-state index contributed by atoms with van der Waals surface area (Å²) in [7, 11) is 3.23. The standard InChI is InChI=1S/C17H18N2O2/c1-12-8-15(5-7-16(12)20-2)19-11-13-4-6-17(21-3)14(9-13)10-18/h4-9,19H,11H2,1-3H3. The first-order valence-corrected chi connectivity index (χ1v) is 6.63. The van der Waals surface area contributed by atoms with Gasteiger partial charge in [-0.3, -0.25) is 0 Å². The maximum absolute atomic E-state index is 9.09. The van der Waals surface area contributed by atoms with Gasteiger partial charge >= 0.3 is 0 Å². The summed E-state index contributed by atoms with van der Waals surface area (Å²) in [5.41, 5.74) is 3.67. The molecule has 0 atom stereocenters. The van der Waals surface area contributed by atoms with Gasteiger partial charge in [-0.15, -0.1) is 0 Å². The van der Waals surface area contributed by atoms with E-state index < -0.39 is 0 Å². The Labute approximate surface area is 124 Å². The van der Waals surface area contributed by atoms with Gasteiger partial charge in [0.2, 0.25) is 0 Å². The van der Waals surface area contributed by atoms with Gasteiger partial charge in [-0.1, -0.05) is 6.07 Å². The summed E-state index contributed by atoms with van der Waals surface area (Å²) in [5, 5.41) is 12.4. The molecule has 0 amide bonds. The van der Waals surface area contributed by atoms with Crippen LogP contribution in [0.2, 0.25) is 0 Å². The van der Waals surface area contributed by atoms with Crippen molar-refractivity contribution >= 4 is 5.69 Å². The highest BCUT2D eigenvalue weighted by molar-refractivity contribution is 5.52. The van der Waals surface area contributed by atoms with Gasteiger partial charge in [0.05, 0.1) is 19.8 Å². The molecule has 0 spiro atoms. The molecule has 1 N–H and O–H groups in total. The van der Waals surface area contributed by atoms with Crippen LogP contribution in [0, 0.1) is 18.3 Å². The Morgan fingerprint density at radius 2 is 1.76 bits per heavy atom. The van der Waals surface area contributed by atoms with E-state index >= 15 is 0 Å². The number of benzene rings is 2. The van der Waals surface area contributed by atoms with Crippen LogP contribution in [0.3, 0.4) is 0 Å². The Kier molecular flexibility index (Phi) is 4.68. The second-order valence-electron chi connectivity index (χ2n) is 4.68. The van der Waals surface area contributed by atoms with Crippen LogP contribution in [0.5, 0.6) is 11.5 Å². The summed E-state index contributed by atoms with van der Waals surface area (Å²) in [6.07, 6.45) is 0. The molecule has 0 saturated heterocycles. The number of nitrogens with zero attached hydrogens (tertiary/aromatic N) is 1. The van der Waals surface area contributed by atoms with Crippen LogP contribution in [0.1, 0.15) is 16.7 Å². The minimum absolute atomic E-state index is 0.544. The number of rotatable bonds is 5. The average molecular weight is 282 g/mol. The van der Waals surface area contributed by atoms with Crippen molar-refractivity contribution in [3.8, 4) is 17.6 Å². The van der Waals surface area contributed by atoms with Crippen molar-refractivity contribution in [2.75, 3.05) is 19.5 Å². The van der Waals surface area contributed by atoms with Crippen molar-refractivity contribution in [3.63, 3.8) is 0 Å². The molecule has 0 radical (unpaired) electrons. The fourth-order valence-corrected chi connectivity index (χ4v) is 2.14. The molecule has 4 heteroatoms. The molecule has 21 heavy (non-hydrogen) atoms. The van der Waals surface area contributed by atoms with Crippen molar-refractivity contribution in [2.24, 2.45) is 0 Å². The second kappa shape index (κ2) is 6.67. The number of nitrogens with one attached hydrogen (secondary N) is 1. The number of hydrogen-bond donors (Lipinski definition) is 1. The number of hydrogen-bond acceptors (Lipinski definition) is 4. The first kappa shape index (κ1) is 14.7. The van der Waals surface area contributed by atoms with E-state index in [1.807, 2.05) is 43.3 Å². The Bertz CT molecular complexity index is 675. The van der Waals surface area contributed by atoms with Gasteiger partial charge < -0.3 is 14.8 Å². The lowest BCUT2D eigenvalue weighted by molar-refractivity contribution is 0.412. The predicted octanol–water partition coefficient (Wildman–Crippen LogP) is 3.50. The molecule has 4 nitrogen and oxygen atoms in total. The Morgan fingerprint density at radius 3 is 2.38 bits per heavy atom. The van der Waals surface area contributed by atoms with Crippen molar-refractivity contribution in [1.29, 1.82) is 5.26 Å². The minimum Gasteiger partial charge on any atom is -0.496 e. The molecule has 0 aliphatic heterocycles. The first-order chi connectivity index (χ1) is 10.2. The van der Waals surface area contributed by atoms with Crippen molar-refractivity contribution in [3.05, 3.63) is 53.1 Å². The highest BCUT2D eigenvalue weighted by atomic mass is 16.5. The number of anilines is 1. The van der Waals surface area contributed by atoms with E-state index in [4.69, 9.17) is 14.7 Å². The van der Waals surface area contributed by atoms with Gasteiger partial charge in [0.1, 0.15) is 17.6 Å². The number of ether oxygens (including phenoxy) is 2. The zero-order valence-electron chi connectivity index (χ0n) is 12.4. The highest BCUT2D eigenvalue weighted by Crippen LogP contribution is 2.23. The van der Waals surface area contributed by atoms with Gasteiger partial charge in [-0.05, 0) is 48.4 Å². The second-order valence-corrected chi connectivity index (χ2v) is 4.68. The highest BCUT2D eigenvalue weighted by Gasteiger charge is 2.04. The first-order valence-electron chi connectivity index (χ1n) is 6.63. The maximum Gasteiger partial charge on any atom is 0.136 e. The molecule has 0 aliphatic rings. The normalized spacial score (nSPS) is 9.81. The molecule has 0 heterocycles. The third kappa shape index (κ3) is 3.46. The zero-order valence-corrected chi connectivity index (χ0v) is 12.4. The van der Waals surface area contributed by atoms with E-state index in [0.29, 0.717) is 17.9 Å². The van der Waals surface area contributed by atoms with Gasteiger partial charge in [0.15, 0.2) is 0 Å². The summed E-state index contributed by atoms with van der Waals surface area (Å²) < 4.78 is 10.4. The van der Waals surface area contributed by atoms with E-state index in [0.717, 1.165) is 22.6 Å². The van der Waals surface area contributed by atoms with Crippen LogP contribution >= 0.6 is 0 Å². The van der Waals surface area contributed by atoms with Crippen LogP contribution in [0.4, 0.5) is 5.69 Å². The molecular formula is C17H18N2O2. The van der Waals surface area contributed by atoms with E-state index in [1.54, 1.807) is 14.2 Å². The Hall–Kier alpha value is -2.67. The van der Waals surface area contributed by atoms with Gasteiger partial charge in [-0.25, -0.2) is 0 Å². The topological polar surface area (TPSA) is 54.3 Å². The fraction of sp³-hybridized carbons (Fsp3) is 0.235. The Morgan fingerprint density at radius 1 is 1.05 bits per heavy atom. The maximum atomic E-state index is 9.09. The van der Waals surface area contributed by atoms with Crippen LogP contribution in [0.15, 0.2) is 36.4 Å². The van der Waals surface area contributed by atoms with Crippen molar-refractivity contribution in [1.82, 2.24) is 0 Å². The lowest BCUT2D eigenvalue weighted by Gasteiger charge is -2.11. The molecular weight excluding hydrogens is 264 g/mol. The largest absolute Gasteiger partial charge is 0.496 e. The number of methoxy groups -OCH3 is 2. The van der Waals surface area contributed by atoms with E-state index in [-0.39, 0.29) is 0 Å². The monoisotopic (exact) mass is 282 g/mol. The number of aryl methyl sites for hydroxylation is 1. The van der Waals surface area contributed by atoms with Crippen LogP contribution in [-0.2, 0) is 6.54 Å². The summed E-state index contributed by atoms with van der Waals surface area (Å²) in [6, 6.07) is 13.7. The third-order valence-electron chi connectivity index (χ3n) is 3.28. The molecule has 2 aromatic rings. The average Bonchev–Trinajstić information content (AvgIpc) is 2.52. The lowest BCUT2D eigenvalue weighted by atomic mass is 10.1. The molecule has 0 unspecified atom stereocenters. The molecule has 0 fully saturated rings. The summed E-state index contributed by atoms with van der Waals surface area (Å²) >= 11 is 0. The van der Waals surface area contributed by atoms with E-state index in [2.05, 4.69) is 11.4 Å². The smallest absolute Gasteiger partial charge is 0.136 e. The molecule has 108 valence electrons. The molecule has 0 aliphatic carbocycles. The van der Waals surface area contributed by atoms with Gasteiger partial charge in [-0.2, -0.15) is 5.26 Å². The lowest BCUT2D eigenvalue weighted by Crippen LogP contribution is -2.01. The molecule has 0 aromatic heterocycles. The van der Waals surface area contributed by atoms with Gasteiger partial charge in [0.25, 0.3) is 0 Å². The molecule has 2 rings (SSSR count). The summed E-state index contributed by atoms with van der Waals surface area (Å²) in [5.74, 6) is 1.47. The van der Waals surface area contributed by atoms with E-state index in [1.165, 1.54) is 0 Å². The van der Waals surface area contributed by atoms with Crippen molar-refractivity contribution in [2.45, 2.75) is 13.5 Å². The van der Waals surface area contributed by atoms with Crippen LogP contribution in [-0.4, -0.2) is 14.2 Å². The van der Waals surface area contributed by atoms with E-state index in [9.17, 15) is 0 Å². The summed E-state index contributed by atoms with van der Waals surface area (Å²) in [4.78, 5) is 0. The molecule has 2 aromatic carbocycles.